The van der Waals surface area contributed by atoms with Crippen LogP contribution in [0.15, 0.2) is 33.9 Å². The monoisotopic (exact) mass is 349 g/mol. The Kier molecular flexibility index (Phi) is 4.41. The van der Waals surface area contributed by atoms with Crippen molar-refractivity contribution < 1.29 is 4.52 Å². The molecule has 0 aliphatic rings. The Labute approximate surface area is 143 Å². The minimum absolute atomic E-state index is 0.0603. The van der Waals surface area contributed by atoms with Crippen molar-refractivity contribution in [1.82, 2.24) is 25.3 Å². The van der Waals surface area contributed by atoms with Crippen molar-refractivity contribution in [2.75, 3.05) is 0 Å². The summed E-state index contributed by atoms with van der Waals surface area (Å²) < 4.78 is 5.27. The summed E-state index contributed by atoms with van der Waals surface area (Å²) >= 11 is 7.58. The maximum atomic E-state index is 6.13. The van der Waals surface area contributed by atoms with Gasteiger partial charge in [-0.25, -0.2) is 4.98 Å². The minimum atomic E-state index is -0.0603. The van der Waals surface area contributed by atoms with Gasteiger partial charge < -0.3 is 4.52 Å². The van der Waals surface area contributed by atoms with Crippen LogP contribution in [0, 0.1) is 0 Å². The highest BCUT2D eigenvalue weighted by Gasteiger charge is 2.19. The fourth-order valence-corrected chi connectivity index (χ4v) is 2.69. The third-order valence-corrected chi connectivity index (χ3v) is 4.25. The summed E-state index contributed by atoms with van der Waals surface area (Å²) in [5, 5.41) is 12.4. The van der Waals surface area contributed by atoms with Crippen molar-refractivity contribution in [3.05, 3.63) is 40.9 Å². The lowest BCUT2D eigenvalue weighted by molar-refractivity contribution is 0.425. The summed E-state index contributed by atoms with van der Waals surface area (Å²) in [7, 11) is 0. The van der Waals surface area contributed by atoms with Crippen LogP contribution in [0.4, 0.5) is 0 Å². The Bertz CT molecular complexity index is 808. The zero-order chi connectivity index (χ0) is 16.4. The highest BCUT2D eigenvalue weighted by atomic mass is 35.5. The number of benzene rings is 1. The number of hydrogen-bond acceptors (Lipinski definition) is 6. The van der Waals surface area contributed by atoms with E-state index in [1.165, 1.54) is 11.8 Å². The lowest BCUT2D eigenvalue weighted by Gasteiger charge is -2.12. The van der Waals surface area contributed by atoms with Crippen LogP contribution in [0.25, 0.3) is 11.5 Å². The summed E-state index contributed by atoms with van der Waals surface area (Å²) in [5.74, 6) is 2.36. The average molecular weight is 350 g/mol. The number of nitrogens with one attached hydrogen (secondary N) is 1. The number of halogens is 1. The van der Waals surface area contributed by atoms with Crippen molar-refractivity contribution in [2.24, 2.45) is 0 Å². The van der Waals surface area contributed by atoms with Gasteiger partial charge >= 0.3 is 0 Å². The molecule has 2 heterocycles. The molecule has 3 rings (SSSR count). The number of aromatic amines is 1. The molecule has 0 saturated heterocycles. The molecule has 0 atom stereocenters. The van der Waals surface area contributed by atoms with Crippen LogP contribution >= 0.6 is 23.4 Å². The van der Waals surface area contributed by atoms with Gasteiger partial charge in [-0.15, -0.1) is 5.10 Å². The van der Waals surface area contributed by atoms with E-state index in [-0.39, 0.29) is 5.41 Å². The van der Waals surface area contributed by atoms with E-state index in [1.807, 2.05) is 18.2 Å². The van der Waals surface area contributed by atoms with E-state index in [9.17, 15) is 0 Å². The van der Waals surface area contributed by atoms with Crippen LogP contribution in [0.5, 0.6) is 0 Å². The molecule has 3 aromatic rings. The van der Waals surface area contributed by atoms with E-state index in [4.69, 9.17) is 16.1 Å². The second kappa shape index (κ2) is 6.33. The Morgan fingerprint density at radius 2 is 2.00 bits per heavy atom. The Morgan fingerprint density at radius 1 is 1.22 bits per heavy atom. The van der Waals surface area contributed by atoms with Crippen molar-refractivity contribution in [3.63, 3.8) is 0 Å². The van der Waals surface area contributed by atoms with Gasteiger partial charge in [0, 0.05) is 5.41 Å². The number of H-pyrrole nitrogens is 1. The first-order valence-electron chi connectivity index (χ1n) is 7.06. The Hall–Kier alpha value is -1.86. The van der Waals surface area contributed by atoms with Crippen molar-refractivity contribution in [1.29, 1.82) is 0 Å². The van der Waals surface area contributed by atoms with E-state index in [1.54, 1.807) is 6.07 Å². The van der Waals surface area contributed by atoms with Gasteiger partial charge in [-0.1, -0.05) is 61.4 Å². The molecule has 0 radical (unpaired) electrons. The lowest BCUT2D eigenvalue weighted by Crippen LogP contribution is -2.13. The van der Waals surface area contributed by atoms with Crippen LogP contribution in [0.1, 0.15) is 32.4 Å². The zero-order valence-corrected chi connectivity index (χ0v) is 14.6. The van der Waals surface area contributed by atoms with E-state index >= 15 is 0 Å². The summed E-state index contributed by atoms with van der Waals surface area (Å²) in [4.78, 5) is 8.83. The van der Waals surface area contributed by atoms with Crippen molar-refractivity contribution in [3.8, 4) is 11.5 Å². The topological polar surface area (TPSA) is 80.5 Å². The van der Waals surface area contributed by atoms with E-state index in [2.05, 4.69) is 46.1 Å². The van der Waals surface area contributed by atoms with Gasteiger partial charge in [0.15, 0.2) is 5.82 Å². The maximum absolute atomic E-state index is 6.13. The number of hydrogen-bond donors (Lipinski definition) is 1. The molecule has 2 aromatic heterocycles. The smallest absolute Gasteiger partial charge is 0.259 e. The third-order valence-electron chi connectivity index (χ3n) is 3.08. The molecule has 0 aliphatic carbocycles. The molecule has 23 heavy (non-hydrogen) atoms. The fraction of sp³-hybridized carbons (Fsp3) is 0.333. The first kappa shape index (κ1) is 16.0. The standard InChI is InChI=1S/C15H16ClN5OS/c1-15(2,3)13-18-14(20-19-13)23-8-11-17-12(22-21-11)9-6-4-5-7-10(9)16/h4-7H,8H2,1-3H3,(H,18,19,20). The molecule has 120 valence electrons. The fourth-order valence-electron chi connectivity index (χ4n) is 1.83. The van der Waals surface area contributed by atoms with E-state index in [0.29, 0.717) is 27.6 Å². The molecule has 1 aromatic carbocycles. The normalized spacial score (nSPS) is 11.8. The van der Waals surface area contributed by atoms with E-state index < -0.39 is 0 Å². The number of thioether (sulfide) groups is 1. The maximum Gasteiger partial charge on any atom is 0.259 e. The summed E-state index contributed by atoms with van der Waals surface area (Å²) in [6.07, 6.45) is 0. The number of rotatable bonds is 4. The van der Waals surface area contributed by atoms with Gasteiger partial charge in [0.25, 0.3) is 5.89 Å². The lowest BCUT2D eigenvalue weighted by atomic mass is 9.96. The Balaban J connectivity index is 1.68. The van der Waals surface area contributed by atoms with Gasteiger partial charge in [-0.2, -0.15) is 4.98 Å². The number of nitrogens with zero attached hydrogens (tertiary/aromatic N) is 4. The van der Waals surface area contributed by atoms with Crippen LogP contribution < -0.4 is 0 Å². The van der Waals surface area contributed by atoms with Crippen LogP contribution in [-0.4, -0.2) is 25.3 Å². The molecule has 0 bridgehead atoms. The SMILES string of the molecule is CC(C)(C)c1nc(SCc2noc(-c3ccccc3Cl)n2)n[nH]1. The summed E-state index contributed by atoms with van der Waals surface area (Å²) in [6, 6.07) is 7.37. The minimum Gasteiger partial charge on any atom is -0.334 e. The highest BCUT2D eigenvalue weighted by molar-refractivity contribution is 7.98. The summed E-state index contributed by atoms with van der Waals surface area (Å²) in [5.41, 5.74) is 0.667. The van der Waals surface area contributed by atoms with Gasteiger partial charge in [-0.05, 0) is 12.1 Å². The molecule has 0 unspecified atom stereocenters. The quantitative estimate of drug-likeness (QED) is 0.714. The first-order valence-corrected chi connectivity index (χ1v) is 8.43. The first-order chi connectivity index (χ1) is 10.9. The molecule has 1 N–H and O–H groups in total. The van der Waals surface area contributed by atoms with Gasteiger partial charge in [-0.3, -0.25) is 5.10 Å². The molecular weight excluding hydrogens is 334 g/mol. The molecule has 0 fully saturated rings. The molecule has 0 aliphatic heterocycles. The van der Waals surface area contributed by atoms with Crippen LogP contribution in [0.2, 0.25) is 5.02 Å². The molecular formula is C15H16ClN5OS. The predicted molar refractivity (Wildman–Crippen MR) is 89.4 cm³/mol. The molecule has 6 nitrogen and oxygen atoms in total. The van der Waals surface area contributed by atoms with Crippen LogP contribution in [0.3, 0.4) is 0 Å². The summed E-state index contributed by atoms with van der Waals surface area (Å²) in [6.45, 7) is 6.24. The van der Waals surface area contributed by atoms with Gasteiger partial charge in [0.05, 0.1) is 16.3 Å². The van der Waals surface area contributed by atoms with Gasteiger partial charge in [0.2, 0.25) is 5.16 Å². The molecule has 8 heteroatoms. The molecule has 0 spiro atoms. The second-order valence-electron chi connectivity index (χ2n) is 6.00. The largest absolute Gasteiger partial charge is 0.334 e. The van der Waals surface area contributed by atoms with Crippen molar-refractivity contribution >= 4 is 23.4 Å². The van der Waals surface area contributed by atoms with Gasteiger partial charge in [0.1, 0.15) is 5.82 Å². The van der Waals surface area contributed by atoms with E-state index in [0.717, 1.165) is 11.4 Å². The molecule has 0 saturated carbocycles. The average Bonchev–Trinajstić information content (AvgIpc) is 3.14. The Morgan fingerprint density at radius 3 is 2.70 bits per heavy atom. The zero-order valence-electron chi connectivity index (χ0n) is 13.0. The van der Waals surface area contributed by atoms with Crippen molar-refractivity contribution in [2.45, 2.75) is 37.1 Å². The van der Waals surface area contributed by atoms with Crippen LogP contribution in [-0.2, 0) is 11.2 Å². The second-order valence-corrected chi connectivity index (χ2v) is 7.35. The third kappa shape index (κ3) is 3.73. The number of aromatic nitrogens is 5. The predicted octanol–water partition coefficient (Wildman–Crippen LogP) is 4.10. The molecule has 0 amide bonds. The highest BCUT2D eigenvalue weighted by Crippen LogP contribution is 2.27.